The van der Waals surface area contributed by atoms with Crippen LogP contribution in [-0.2, 0) is 9.59 Å². The van der Waals surface area contributed by atoms with E-state index in [-0.39, 0.29) is 22.8 Å². The maximum atomic E-state index is 13.3. The third-order valence-electron chi connectivity index (χ3n) is 6.18. The highest BCUT2D eigenvalue weighted by molar-refractivity contribution is 6.46. The zero-order chi connectivity index (χ0) is 27.3. The molecular weight excluding hydrogens is 472 g/mol. The lowest BCUT2D eigenvalue weighted by Gasteiger charge is -2.26. The van der Waals surface area contributed by atoms with E-state index in [1.165, 1.54) is 11.0 Å². The van der Waals surface area contributed by atoms with Crippen molar-refractivity contribution in [3.8, 4) is 17.2 Å². The van der Waals surface area contributed by atoms with Crippen molar-refractivity contribution in [1.82, 2.24) is 9.80 Å². The summed E-state index contributed by atoms with van der Waals surface area (Å²) in [7, 11) is 3.88. The van der Waals surface area contributed by atoms with E-state index >= 15 is 0 Å². The fourth-order valence-electron chi connectivity index (χ4n) is 4.39. The van der Waals surface area contributed by atoms with E-state index in [0.29, 0.717) is 49.0 Å². The normalized spacial score (nSPS) is 17.2. The highest BCUT2D eigenvalue weighted by Gasteiger charge is 2.46. The zero-order valence-corrected chi connectivity index (χ0v) is 22.6. The molecule has 0 aliphatic carbocycles. The van der Waals surface area contributed by atoms with Crippen LogP contribution in [0.25, 0.3) is 5.76 Å². The lowest BCUT2D eigenvalue weighted by molar-refractivity contribution is -0.139. The number of ether oxygens (including phenoxy) is 2. The number of Topliss-reactive ketones (excluding diaryl/α,β-unsaturated/α-hetero) is 1. The van der Waals surface area contributed by atoms with E-state index in [2.05, 4.69) is 13.8 Å². The Bertz CT molecular complexity index is 1170. The summed E-state index contributed by atoms with van der Waals surface area (Å²) in [6, 6.07) is 9.20. The molecule has 1 aliphatic rings. The average Bonchev–Trinajstić information content (AvgIpc) is 3.09. The molecule has 200 valence electrons. The number of nitrogens with zero attached hydrogens (tertiary/aromatic N) is 2. The second kappa shape index (κ2) is 12.1. The monoisotopic (exact) mass is 510 g/mol. The van der Waals surface area contributed by atoms with Gasteiger partial charge in [-0.25, -0.2) is 0 Å². The molecule has 1 amide bonds. The number of phenolic OH excluding ortho intramolecular Hbond substituents is 1. The quantitative estimate of drug-likeness (QED) is 0.261. The summed E-state index contributed by atoms with van der Waals surface area (Å²) in [5, 5.41) is 21.7. The first-order valence-corrected chi connectivity index (χ1v) is 12.7. The van der Waals surface area contributed by atoms with Crippen LogP contribution in [0.1, 0.15) is 49.9 Å². The number of rotatable bonds is 11. The van der Waals surface area contributed by atoms with Crippen molar-refractivity contribution in [3.05, 3.63) is 58.7 Å². The fraction of sp³-hybridized carbons (Fsp3) is 0.448. The number of likely N-dealkylation sites (tertiary alicyclic amines) is 1. The minimum Gasteiger partial charge on any atom is -0.507 e. The first-order chi connectivity index (χ1) is 17.5. The van der Waals surface area contributed by atoms with Crippen molar-refractivity contribution < 1.29 is 29.3 Å². The molecule has 0 spiro atoms. The van der Waals surface area contributed by atoms with Gasteiger partial charge in [0.15, 0.2) is 11.5 Å². The maximum Gasteiger partial charge on any atom is 0.295 e. The Morgan fingerprint density at radius 3 is 2.46 bits per heavy atom. The molecule has 37 heavy (non-hydrogen) atoms. The summed E-state index contributed by atoms with van der Waals surface area (Å²) in [6.07, 6.45) is 0.647. The maximum absolute atomic E-state index is 13.3. The van der Waals surface area contributed by atoms with Gasteiger partial charge in [0.2, 0.25) is 0 Å². The van der Waals surface area contributed by atoms with Gasteiger partial charge in [-0.1, -0.05) is 19.9 Å². The summed E-state index contributed by atoms with van der Waals surface area (Å²) in [5.74, 6) is -0.391. The Balaban J connectivity index is 2.10. The number of benzene rings is 2. The minimum atomic E-state index is -0.821. The van der Waals surface area contributed by atoms with Gasteiger partial charge in [0.05, 0.1) is 24.8 Å². The fourth-order valence-corrected chi connectivity index (χ4v) is 4.39. The molecule has 8 nitrogen and oxygen atoms in total. The number of carbonyl (C=O) groups excluding carboxylic acids is 2. The molecule has 0 bridgehead atoms. The smallest absolute Gasteiger partial charge is 0.295 e. The molecule has 8 heteroatoms. The number of aromatic hydroxyl groups is 1. The van der Waals surface area contributed by atoms with Crippen molar-refractivity contribution in [3.63, 3.8) is 0 Å². The molecule has 2 aromatic rings. The van der Waals surface area contributed by atoms with Gasteiger partial charge in [0.1, 0.15) is 11.5 Å². The van der Waals surface area contributed by atoms with E-state index < -0.39 is 17.7 Å². The van der Waals surface area contributed by atoms with Gasteiger partial charge in [0.25, 0.3) is 11.7 Å². The van der Waals surface area contributed by atoms with Crippen LogP contribution in [0.15, 0.2) is 42.0 Å². The Hall–Kier alpha value is -3.52. The summed E-state index contributed by atoms with van der Waals surface area (Å²) >= 11 is 0. The van der Waals surface area contributed by atoms with Gasteiger partial charge < -0.3 is 29.5 Å². The Labute approximate surface area is 219 Å². The predicted octanol–water partition coefficient (Wildman–Crippen LogP) is 4.51. The van der Waals surface area contributed by atoms with E-state index in [4.69, 9.17) is 9.47 Å². The first kappa shape index (κ1) is 28.1. The largest absolute Gasteiger partial charge is 0.507 e. The Morgan fingerprint density at radius 2 is 1.84 bits per heavy atom. The van der Waals surface area contributed by atoms with Crippen molar-refractivity contribution >= 4 is 17.4 Å². The van der Waals surface area contributed by atoms with Crippen molar-refractivity contribution in [2.45, 2.75) is 40.2 Å². The van der Waals surface area contributed by atoms with Crippen LogP contribution in [0.4, 0.5) is 0 Å². The topological polar surface area (TPSA) is 99.5 Å². The number of phenols is 1. The lowest BCUT2D eigenvalue weighted by atomic mass is 9.93. The molecule has 0 radical (unpaired) electrons. The van der Waals surface area contributed by atoms with Gasteiger partial charge in [-0.2, -0.15) is 0 Å². The SMILES string of the molecule is CCOc1cc([C@@H]2/C(=C(\O)c3ccc(OCC(C)C)cc3C)C(=O)C(=O)N2CCCN(C)C)ccc1O. The van der Waals surface area contributed by atoms with Gasteiger partial charge in [-0.3, -0.25) is 9.59 Å². The molecule has 0 saturated carbocycles. The van der Waals surface area contributed by atoms with E-state index in [1.807, 2.05) is 32.0 Å². The number of carbonyl (C=O) groups is 2. The summed E-state index contributed by atoms with van der Waals surface area (Å²) in [4.78, 5) is 30.0. The van der Waals surface area contributed by atoms with Gasteiger partial charge in [-0.05, 0) is 88.3 Å². The summed E-state index contributed by atoms with van der Waals surface area (Å²) in [5.41, 5.74) is 1.76. The predicted molar refractivity (Wildman–Crippen MR) is 143 cm³/mol. The molecule has 3 rings (SSSR count). The van der Waals surface area contributed by atoms with Crippen LogP contribution in [0.2, 0.25) is 0 Å². The number of aliphatic hydroxyl groups excluding tert-OH is 1. The standard InChI is InChI=1S/C29H38N2O6/c1-7-36-24-16-20(9-12-23(24)32)26-25(28(34)29(35)31(26)14-8-13-30(5)6)27(33)22-11-10-21(15-19(22)4)37-17-18(2)3/h9-12,15-16,18,26,32-33H,7-8,13-14,17H2,1-6H3/b27-25+/t26-/m1/s1. The molecule has 1 aliphatic heterocycles. The molecule has 0 aromatic heterocycles. The number of aryl methyl sites for hydroxylation is 1. The number of aliphatic hydroxyl groups is 1. The third-order valence-corrected chi connectivity index (χ3v) is 6.18. The Kier molecular flexibility index (Phi) is 9.21. The molecule has 1 saturated heterocycles. The second-order valence-electron chi connectivity index (χ2n) is 9.99. The highest BCUT2D eigenvalue weighted by Crippen LogP contribution is 2.42. The van der Waals surface area contributed by atoms with Crippen LogP contribution in [0.5, 0.6) is 17.2 Å². The number of amides is 1. The van der Waals surface area contributed by atoms with Crippen molar-refractivity contribution in [2.24, 2.45) is 5.92 Å². The van der Waals surface area contributed by atoms with Crippen LogP contribution < -0.4 is 9.47 Å². The van der Waals surface area contributed by atoms with Crippen LogP contribution >= 0.6 is 0 Å². The summed E-state index contributed by atoms with van der Waals surface area (Å²) < 4.78 is 11.3. The van der Waals surface area contributed by atoms with Gasteiger partial charge in [-0.15, -0.1) is 0 Å². The van der Waals surface area contributed by atoms with Gasteiger partial charge >= 0.3 is 0 Å². The number of ketones is 1. The summed E-state index contributed by atoms with van der Waals surface area (Å²) in [6.45, 7) is 9.71. The molecule has 1 atom stereocenters. The first-order valence-electron chi connectivity index (χ1n) is 12.7. The molecule has 1 fully saturated rings. The van der Waals surface area contributed by atoms with Crippen LogP contribution in [-0.4, -0.2) is 72.1 Å². The van der Waals surface area contributed by atoms with E-state index in [0.717, 1.165) is 12.1 Å². The van der Waals surface area contributed by atoms with Crippen molar-refractivity contribution in [1.29, 1.82) is 0 Å². The zero-order valence-electron chi connectivity index (χ0n) is 22.6. The van der Waals surface area contributed by atoms with Crippen molar-refractivity contribution in [2.75, 3.05) is 40.4 Å². The molecule has 0 unspecified atom stereocenters. The minimum absolute atomic E-state index is 0.0157. The van der Waals surface area contributed by atoms with Crippen LogP contribution in [0.3, 0.4) is 0 Å². The molecular formula is C29H38N2O6. The molecule has 2 N–H and O–H groups in total. The Morgan fingerprint density at radius 1 is 1.11 bits per heavy atom. The average molecular weight is 511 g/mol. The number of hydrogen-bond donors (Lipinski definition) is 2. The van der Waals surface area contributed by atoms with E-state index in [1.54, 1.807) is 31.2 Å². The highest BCUT2D eigenvalue weighted by atomic mass is 16.5. The van der Waals surface area contributed by atoms with Crippen LogP contribution in [0, 0.1) is 12.8 Å². The van der Waals surface area contributed by atoms with Gasteiger partial charge in [0, 0.05) is 12.1 Å². The number of hydrogen-bond acceptors (Lipinski definition) is 7. The second-order valence-corrected chi connectivity index (χ2v) is 9.99. The van der Waals surface area contributed by atoms with E-state index in [9.17, 15) is 19.8 Å². The molecule has 1 heterocycles. The molecule has 2 aromatic carbocycles. The lowest BCUT2D eigenvalue weighted by Crippen LogP contribution is -2.32. The third kappa shape index (κ3) is 6.43.